The molecule has 4 rings (SSSR count). The van der Waals surface area contributed by atoms with Gasteiger partial charge in [0.05, 0.1) is 12.3 Å². The van der Waals surface area contributed by atoms with Crippen molar-refractivity contribution in [2.75, 3.05) is 25.4 Å². The van der Waals surface area contributed by atoms with Gasteiger partial charge in [-0.15, -0.1) is 11.8 Å². The number of rotatable bonds is 9. The molecule has 1 unspecified atom stereocenters. The topological polar surface area (TPSA) is 240 Å². The zero-order valence-corrected chi connectivity index (χ0v) is 22.9. The standard InChI is InChI=1S/C21H28FN11O5S2/c1-32(20(24)27-11-4-2-10(23)3-5-11)26-6-9-7-39-18-13(17(35)33(18)14(9)19(36)37)28-16(34)12(30-38-8-22)15-29-21(25)40-31-15/h6,10-11,13,18H,2-5,7-8,23H2,1H3,(H2,24,27)(H,28,34)(H,36,37)(H2,25,29,31)/t10?,11?,13-,18?/m1/s1. The molecule has 3 heterocycles. The van der Waals surface area contributed by atoms with Gasteiger partial charge in [0.2, 0.25) is 17.5 Å². The van der Waals surface area contributed by atoms with Gasteiger partial charge >= 0.3 is 5.97 Å². The number of alkyl halides is 1. The third-order valence-corrected chi connectivity index (χ3v) is 8.18. The number of nitrogens with zero attached hydrogens (tertiary/aromatic N) is 7. The second-order valence-electron chi connectivity index (χ2n) is 9.00. The Morgan fingerprint density at radius 3 is 2.70 bits per heavy atom. The molecule has 2 atom stereocenters. The van der Waals surface area contributed by atoms with Crippen molar-refractivity contribution >= 4 is 64.1 Å². The highest BCUT2D eigenvalue weighted by molar-refractivity contribution is 8.00. The Morgan fingerprint density at radius 1 is 1.35 bits per heavy atom. The summed E-state index contributed by atoms with van der Waals surface area (Å²) in [6.07, 6.45) is 4.70. The van der Waals surface area contributed by atoms with Crippen LogP contribution in [0.15, 0.2) is 26.5 Å². The number of carboxylic acid groups (broad SMARTS) is 1. The second kappa shape index (κ2) is 12.6. The number of nitrogen functional groups attached to an aromatic ring is 1. The average Bonchev–Trinajstić information content (AvgIpc) is 3.36. The molecule has 19 heteroatoms. The van der Waals surface area contributed by atoms with Crippen molar-refractivity contribution in [1.29, 1.82) is 0 Å². The second-order valence-corrected chi connectivity index (χ2v) is 10.9. The molecule has 216 valence electrons. The van der Waals surface area contributed by atoms with Crippen LogP contribution in [-0.2, 0) is 19.2 Å². The van der Waals surface area contributed by atoms with Crippen LogP contribution in [0.3, 0.4) is 0 Å². The van der Waals surface area contributed by atoms with Crippen molar-refractivity contribution < 1.29 is 28.7 Å². The molecule has 40 heavy (non-hydrogen) atoms. The molecule has 2 aliphatic heterocycles. The van der Waals surface area contributed by atoms with Gasteiger partial charge in [-0.2, -0.15) is 14.5 Å². The summed E-state index contributed by atoms with van der Waals surface area (Å²) in [4.78, 5) is 51.7. The molecule has 0 aromatic carbocycles. The third kappa shape index (κ3) is 6.31. The number of hydrogen-bond donors (Lipinski definition) is 5. The van der Waals surface area contributed by atoms with Gasteiger partial charge in [-0.1, -0.05) is 5.16 Å². The number of hydrazone groups is 1. The molecule has 1 saturated carbocycles. The van der Waals surface area contributed by atoms with Gasteiger partial charge < -0.3 is 32.5 Å². The minimum absolute atomic E-state index is 0.0345. The predicted molar refractivity (Wildman–Crippen MR) is 146 cm³/mol. The van der Waals surface area contributed by atoms with E-state index in [1.54, 1.807) is 7.05 Å². The average molecular weight is 598 g/mol. The zero-order chi connectivity index (χ0) is 29.0. The van der Waals surface area contributed by atoms with Crippen LogP contribution in [0.1, 0.15) is 31.5 Å². The summed E-state index contributed by atoms with van der Waals surface area (Å²) in [5.41, 5.74) is 17.1. The van der Waals surface area contributed by atoms with Gasteiger partial charge in [0.15, 0.2) is 5.13 Å². The number of aromatic nitrogens is 2. The van der Waals surface area contributed by atoms with Crippen LogP contribution in [0.2, 0.25) is 0 Å². The zero-order valence-electron chi connectivity index (χ0n) is 21.3. The number of fused-ring (bicyclic) bond motifs is 1. The number of aliphatic carboxylic acids is 1. The van der Waals surface area contributed by atoms with E-state index in [1.165, 1.54) is 23.0 Å². The number of amides is 2. The largest absolute Gasteiger partial charge is 0.477 e. The Hall–Kier alpha value is -3.84. The summed E-state index contributed by atoms with van der Waals surface area (Å²) in [6.45, 7) is -1.32. The highest BCUT2D eigenvalue weighted by Crippen LogP contribution is 2.40. The maximum atomic E-state index is 13.0. The number of carbonyl (C=O) groups excluding carboxylic acids is 2. The van der Waals surface area contributed by atoms with Crippen LogP contribution in [0, 0.1) is 0 Å². The van der Waals surface area contributed by atoms with E-state index in [0.29, 0.717) is 0 Å². The molecule has 0 spiro atoms. The summed E-state index contributed by atoms with van der Waals surface area (Å²) in [6, 6.07) is -0.874. The van der Waals surface area contributed by atoms with E-state index in [4.69, 9.17) is 17.2 Å². The highest BCUT2D eigenvalue weighted by atomic mass is 32.2. The number of oxime groups is 1. The van der Waals surface area contributed by atoms with Crippen molar-refractivity contribution in [1.82, 2.24) is 24.6 Å². The van der Waals surface area contributed by atoms with Crippen molar-refractivity contribution in [2.45, 2.75) is 49.2 Å². The van der Waals surface area contributed by atoms with Crippen LogP contribution in [-0.4, -0.2) is 103 Å². The van der Waals surface area contributed by atoms with Gasteiger partial charge in [0.1, 0.15) is 17.1 Å². The molecule has 2 amide bonds. The number of anilines is 1. The highest BCUT2D eigenvalue weighted by Gasteiger charge is 2.54. The number of aliphatic imine (C=N–C) groups is 1. The Kier molecular flexibility index (Phi) is 9.15. The number of guanidine groups is 1. The smallest absolute Gasteiger partial charge is 0.353 e. The fourth-order valence-corrected chi connectivity index (χ4v) is 6.00. The number of hydrogen-bond acceptors (Lipinski definition) is 13. The molecule has 1 aliphatic carbocycles. The number of thioether (sulfide) groups is 1. The molecule has 1 saturated heterocycles. The molecular formula is C21H28FN11O5S2. The summed E-state index contributed by atoms with van der Waals surface area (Å²) in [5.74, 6) is -2.80. The maximum Gasteiger partial charge on any atom is 0.353 e. The van der Waals surface area contributed by atoms with E-state index in [0.717, 1.165) is 42.1 Å². The quantitative estimate of drug-likeness (QED) is 0.0997. The number of nitrogens with one attached hydrogen (secondary N) is 1. The number of halogens is 1. The van der Waals surface area contributed by atoms with Gasteiger partial charge in [-0.3, -0.25) is 14.5 Å². The number of β-lactam (4-membered cyclic amide) rings is 1. The van der Waals surface area contributed by atoms with Crippen LogP contribution in [0.25, 0.3) is 0 Å². The van der Waals surface area contributed by atoms with E-state index in [-0.39, 0.29) is 46.0 Å². The molecule has 3 aliphatic rings. The Labute approximate surface area is 235 Å². The first-order valence-corrected chi connectivity index (χ1v) is 13.9. The van der Waals surface area contributed by atoms with Crippen molar-refractivity contribution in [3.05, 3.63) is 17.1 Å². The van der Waals surface area contributed by atoms with Gasteiger partial charge in [-0.05, 0) is 25.7 Å². The summed E-state index contributed by atoms with van der Waals surface area (Å²) < 4.78 is 16.4. The van der Waals surface area contributed by atoms with E-state index >= 15 is 0 Å². The number of carbonyl (C=O) groups is 3. The van der Waals surface area contributed by atoms with Crippen molar-refractivity contribution in [2.24, 2.45) is 26.7 Å². The molecule has 16 nitrogen and oxygen atoms in total. The minimum Gasteiger partial charge on any atom is -0.477 e. The van der Waals surface area contributed by atoms with E-state index in [9.17, 15) is 23.9 Å². The monoisotopic (exact) mass is 597 g/mol. The minimum atomic E-state index is -1.34. The SMILES string of the molecule is CN(N=CC1=C(C(=O)O)N2C(=O)[C@@H](NC(=O)C(=NOCF)c3nsc(N)n3)C2SC1)C(N)=NC1CCC(N)CC1. The third-order valence-electron chi connectivity index (χ3n) is 6.33. The van der Waals surface area contributed by atoms with Gasteiger partial charge in [0.25, 0.3) is 18.7 Å². The lowest BCUT2D eigenvalue weighted by Crippen LogP contribution is -2.71. The fourth-order valence-electron chi connectivity index (χ4n) is 4.27. The molecule has 1 aromatic rings. The van der Waals surface area contributed by atoms with E-state index in [1.807, 2.05) is 0 Å². The molecule has 1 aromatic heterocycles. The lowest BCUT2D eigenvalue weighted by atomic mass is 9.92. The Bertz CT molecular complexity index is 1280. The first-order chi connectivity index (χ1) is 19.1. The van der Waals surface area contributed by atoms with Crippen LogP contribution >= 0.6 is 23.3 Å². The lowest BCUT2D eigenvalue weighted by molar-refractivity contribution is -0.150. The Balaban J connectivity index is 1.46. The van der Waals surface area contributed by atoms with Crippen LogP contribution < -0.4 is 22.5 Å². The summed E-state index contributed by atoms with van der Waals surface area (Å²) in [7, 11) is 1.58. The lowest BCUT2D eigenvalue weighted by Gasteiger charge is -2.49. The molecule has 8 N–H and O–H groups in total. The normalized spacial score (nSPS) is 25.5. The van der Waals surface area contributed by atoms with Gasteiger partial charge in [-0.25, -0.2) is 19.2 Å². The molecule has 2 fully saturated rings. The first-order valence-electron chi connectivity index (χ1n) is 12.0. The van der Waals surface area contributed by atoms with E-state index < -0.39 is 41.8 Å². The first kappa shape index (κ1) is 29.2. The number of nitrogens with two attached hydrogens (primary N) is 3. The Morgan fingerprint density at radius 2 is 2.08 bits per heavy atom. The molecule has 0 radical (unpaired) electrons. The van der Waals surface area contributed by atoms with Crippen LogP contribution in [0.4, 0.5) is 9.52 Å². The molecule has 0 bridgehead atoms. The fraction of sp³-hybridized carbons (Fsp3) is 0.524. The maximum absolute atomic E-state index is 13.0. The summed E-state index contributed by atoms with van der Waals surface area (Å²) >= 11 is 2.00. The summed E-state index contributed by atoms with van der Waals surface area (Å²) in [5, 5.41) is 20.6. The van der Waals surface area contributed by atoms with Gasteiger partial charge in [0, 0.05) is 35.9 Å². The van der Waals surface area contributed by atoms with Crippen molar-refractivity contribution in [3.63, 3.8) is 0 Å². The van der Waals surface area contributed by atoms with Crippen molar-refractivity contribution in [3.8, 4) is 0 Å². The van der Waals surface area contributed by atoms with E-state index in [2.05, 4.69) is 34.8 Å². The predicted octanol–water partition coefficient (Wildman–Crippen LogP) is -0.991. The number of carboxylic acids is 1. The molecular weight excluding hydrogens is 569 g/mol. The van der Waals surface area contributed by atoms with Crippen LogP contribution in [0.5, 0.6) is 0 Å².